The van der Waals surface area contributed by atoms with Crippen LogP contribution in [0.4, 0.5) is 0 Å². The number of carbonyl (C=O) groups is 1. The van der Waals surface area contributed by atoms with Crippen LogP contribution in [0.5, 0.6) is 0 Å². The molecule has 70 valence electrons. The van der Waals surface area contributed by atoms with E-state index in [-0.39, 0.29) is 5.91 Å². The third-order valence-electron chi connectivity index (χ3n) is 1.62. The van der Waals surface area contributed by atoms with Crippen LogP contribution >= 0.6 is 0 Å². The maximum Gasteiger partial charge on any atom is 0.249 e. The Bertz CT molecular complexity index is 266. The van der Waals surface area contributed by atoms with E-state index in [2.05, 4.69) is 10.6 Å². The van der Waals surface area contributed by atoms with Gasteiger partial charge in [-0.1, -0.05) is 6.08 Å². The third kappa shape index (κ3) is 3.02. The third-order valence-corrected chi connectivity index (χ3v) is 1.62. The summed E-state index contributed by atoms with van der Waals surface area (Å²) in [4.78, 5) is 11.3. The first-order valence-corrected chi connectivity index (χ1v) is 4.09. The van der Waals surface area contributed by atoms with Crippen molar-refractivity contribution in [3.8, 4) is 0 Å². The van der Waals surface area contributed by atoms with Gasteiger partial charge in [0.15, 0.2) is 0 Å². The van der Waals surface area contributed by atoms with E-state index in [1.165, 1.54) is 6.20 Å². The van der Waals surface area contributed by atoms with Gasteiger partial charge in [0.1, 0.15) is 0 Å². The average molecular weight is 179 g/mol. The van der Waals surface area contributed by atoms with Crippen molar-refractivity contribution in [2.75, 3.05) is 6.54 Å². The van der Waals surface area contributed by atoms with Crippen molar-refractivity contribution in [2.45, 2.75) is 6.42 Å². The summed E-state index contributed by atoms with van der Waals surface area (Å²) in [5.41, 5.74) is 5.85. The van der Waals surface area contributed by atoms with Gasteiger partial charge >= 0.3 is 0 Å². The molecule has 0 bridgehead atoms. The van der Waals surface area contributed by atoms with E-state index in [9.17, 15) is 4.79 Å². The first kappa shape index (κ1) is 9.38. The van der Waals surface area contributed by atoms with Crippen LogP contribution in [0.25, 0.3) is 0 Å². The predicted octanol–water partition coefficient (Wildman–Crippen LogP) is -0.0341. The molecule has 0 aliphatic carbocycles. The standard InChI is InChI=1S/C9H13N3O/c10-4-2-6-12-9(13)8-3-1-5-11-7-8/h1-2,4-5,7,11H,3,6,10H2,(H,12,13). The van der Waals surface area contributed by atoms with Gasteiger partial charge in [0, 0.05) is 18.3 Å². The molecular formula is C9H13N3O. The molecule has 1 aliphatic heterocycles. The summed E-state index contributed by atoms with van der Waals surface area (Å²) in [5, 5.41) is 5.57. The van der Waals surface area contributed by atoms with Gasteiger partial charge < -0.3 is 16.4 Å². The monoisotopic (exact) mass is 179 g/mol. The van der Waals surface area contributed by atoms with Gasteiger partial charge in [0.25, 0.3) is 0 Å². The normalized spacial score (nSPS) is 15.2. The van der Waals surface area contributed by atoms with Gasteiger partial charge in [0.05, 0.1) is 0 Å². The SMILES string of the molecule is NC=CCNC(=O)C1=CNC=CC1. The number of hydrogen-bond donors (Lipinski definition) is 3. The molecule has 13 heavy (non-hydrogen) atoms. The molecule has 4 N–H and O–H groups in total. The van der Waals surface area contributed by atoms with E-state index in [1.807, 2.05) is 6.08 Å². The topological polar surface area (TPSA) is 67.1 Å². The Labute approximate surface area is 77.2 Å². The molecule has 1 rings (SSSR count). The molecule has 1 aliphatic rings. The van der Waals surface area contributed by atoms with E-state index < -0.39 is 0 Å². The quantitative estimate of drug-likeness (QED) is 0.569. The molecule has 0 spiro atoms. The summed E-state index contributed by atoms with van der Waals surface area (Å²) in [5.74, 6) is -0.0602. The molecule has 0 radical (unpaired) electrons. The number of hydrogen-bond acceptors (Lipinski definition) is 3. The van der Waals surface area contributed by atoms with Gasteiger partial charge in [0.2, 0.25) is 5.91 Å². The van der Waals surface area contributed by atoms with Crippen molar-refractivity contribution in [1.82, 2.24) is 10.6 Å². The van der Waals surface area contributed by atoms with E-state index in [1.54, 1.807) is 18.5 Å². The van der Waals surface area contributed by atoms with Crippen molar-refractivity contribution in [3.63, 3.8) is 0 Å². The van der Waals surface area contributed by atoms with Crippen LogP contribution in [0, 0.1) is 0 Å². The second-order valence-corrected chi connectivity index (χ2v) is 2.58. The van der Waals surface area contributed by atoms with Crippen LogP contribution < -0.4 is 16.4 Å². The highest BCUT2D eigenvalue weighted by Crippen LogP contribution is 2.04. The fourth-order valence-corrected chi connectivity index (χ4v) is 0.953. The van der Waals surface area contributed by atoms with Crippen molar-refractivity contribution in [2.24, 2.45) is 5.73 Å². The van der Waals surface area contributed by atoms with Crippen LogP contribution in [-0.4, -0.2) is 12.5 Å². The van der Waals surface area contributed by atoms with E-state index in [0.29, 0.717) is 13.0 Å². The van der Waals surface area contributed by atoms with Gasteiger partial charge in [-0.05, 0) is 24.9 Å². The number of nitrogens with one attached hydrogen (secondary N) is 2. The molecule has 0 aromatic heterocycles. The number of allylic oxidation sites excluding steroid dienone is 1. The Kier molecular flexibility index (Phi) is 3.63. The van der Waals surface area contributed by atoms with E-state index in [4.69, 9.17) is 5.73 Å². The Morgan fingerprint density at radius 3 is 3.23 bits per heavy atom. The molecule has 0 saturated carbocycles. The first-order valence-electron chi connectivity index (χ1n) is 4.09. The van der Waals surface area contributed by atoms with E-state index >= 15 is 0 Å². The van der Waals surface area contributed by atoms with Crippen molar-refractivity contribution < 1.29 is 4.79 Å². The minimum absolute atomic E-state index is 0.0602. The minimum atomic E-state index is -0.0602. The zero-order valence-electron chi connectivity index (χ0n) is 7.29. The Morgan fingerprint density at radius 2 is 2.62 bits per heavy atom. The Morgan fingerprint density at radius 1 is 1.77 bits per heavy atom. The number of amides is 1. The highest BCUT2D eigenvalue weighted by molar-refractivity contribution is 5.93. The second kappa shape index (κ2) is 5.03. The molecule has 4 heteroatoms. The lowest BCUT2D eigenvalue weighted by Gasteiger charge is -2.08. The smallest absolute Gasteiger partial charge is 0.249 e. The zero-order valence-corrected chi connectivity index (χ0v) is 7.29. The first-order chi connectivity index (χ1) is 6.34. The summed E-state index contributed by atoms with van der Waals surface area (Å²) in [6, 6.07) is 0. The molecule has 0 atom stereocenters. The predicted molar refractivity (Wildman–Crippen MR) is 51.3 cm³/mol. The largest absolute Gasteiger partial charge is 0.405 e. The van der Waals surface area contributed by atoms with Gasteiger partial charge in [-0.3, -0.25) is 4.79 Å². The molecule has 4 nitrogen and oxygen atoms in total. The summed E-state index contributed by atoms with van der Waals surface area (Å²) in [6.45, 7) is 0.469. The number of dihydropyridines is 1. The lowest BCUT2D eigenvalue weighted by molar-refractivity contribution is -0.117. The number of nitrogens with two attached hydrogens (primary N) is 1. The van der Waals surface area contributed by atoms with Gasteiger partial charge in [-0.25, -0.2) is 0 Å². The van der Waals surface area contributed by atoms with Crippen LogP contribution in [0.1, 0.15) is 6.42 Å². The minimum Gasteiger partial charge on any atom is -0.405 e. The molecule has 1 heterocycles. The fraction of sp³-hybridized carbons (Fsp3) is 0.222. The lowest BCUT2D eigenvalue weighted by Crippen LogP contribution is -2.26. The highest BCUT2D eigenvalue weighted by atomic mass is 16.1. The molecule has 0 saturated heterocycles. The van der Waals surface area contributed by atoms with Crippen molar-refractivity contribution >= 4 is 5.91 Å². The van der Waals surface area contributed by atoms with Crippen LogP contribution in [-0.2, 0) is 4.79 Å². The molecular weight excluding hydrogens is 166 g/mol. The Balaban J connectivity index is 2.34. The van der Waals surface area contributed by atoms with E-state index in [0.717, 1.165) is 5.57 Å². The van der Waals surface area contributed by atoms with Crippen LogP contribution in [0.2, 0.25) is 0 Å². The maximum atomic E-state index is 11.3. The van der Waals surface area contributed by atoms with Crippen LogP contribution in [0.3, 0.4) is 0 Å². The Hall–Kier alpha value is -1.71. The number of carbonyl (C=O) groups excluding carboxylic acids is 1. The second-order valence-electron chi connectivity index (χ2n) is 2.58. The summed E-state index contributed by atoms with van der Waals surface area (Å²) >= 11 is 0. The molecule has 0 fully saturated rings. The summed E-state index contributed by atoms with van der Waals surface area (Å²) in [7, 11) is 0. The molecule has 0 aromatic carbocycles. The van der Waals surface area contributed by atoms with Gasteiger partial charge in [-0.15, -0.1) is 0 Å². The number of rotatable bonds is 3. The van der Waals surface area contributed by atoms with Crippen molar-refractivity contribution in [1.29, 1.82) is 0 Å². The van der Waals surface area contributed by atoms with Crippen molar-refractivity contribution in [3.05, 3.63) is 36.3 Å². The zero-order chi connectivity index (χ0) is 9.52. The fourth-order valence-electron chi connectivity index (χ4n) is 0.953. The average Bonchev–Trinajstić information content (AvgIpc) is 2.19. The molecule has 1 amide bonds. The van der Waals surface area contributed by atoms with Gasteiger partial charge in [-0.2, -0.15) is 0 Å². The molecule has 0 unspecified atom stereocenters. The highest BCUT2D eigenvalue weighted by Gasteiger charge is 2.07. The maximum absolute atomic E-state index is 11.3. The molecule has 0 aromatic rings. The summed E-state index contributed by atoms with van der Waals surface area (Å²) < 4.78 is 0. The van der Waals surface area contributed by atoms with Crippen LogP contribution in [0.15, 0.2) is 36.3 Å². The summed E-state index contributed by atoms with van der Waals surface area (Å²) in [6.07, 6.45) is 9.16. The lowest BCUT2D eigenvalue weighted by atomic mass is 10.1.